The van der Waals surface area contributed by atoms with Crippen LogP contribution in [0, 0.1) is 12.9 Å². The Balaban J connectivity index is 1.58. The first-order valence-electron chi connectivity index (χ1n) is 9.87. The van der Waals surface area contributed by atoms with Crippen LogP contribution in [-0.2, 0) is 12.8 Å². The minimum Gasteiger partial charge on any atom is -0.496 e. The van der Waals surface area contributed by atoms with Gasteiger partial charge in [-0.2, -0.15) is 17.6 Å². The number of imidazole rings is 1. The standard InChI is InChI=1S/C23H17ClF4N4O2/c1-12-7-15(20-21(24)32-22(31-20)14-4-6-19(25)30-10-14)17(33-2)8-16(12)34-11-13-3-5-18(29-9-13)23(26,27)28/h3-10H,11H2,1-2H3,(H,31,32). The molecule has 6 nitrogen and oxygen atoms in total. The molecule has 1 N–H and O–H groups in total. The summed E-state index contributed by atoms with van der Waals surface area (Å²) in [6.45, 7) is 1.82. The second kappa shape index (κ2) is 9.30. The van der Waals surface area contributed by atoms with Crippen molar-refractivity contribution in [1.29, 1.82) is 0 Å². The highest BCUT2D eigenvalue weighted by Crippen LogP contribution is 2.39. The number of nitrogens with zero attached hydrogens (tertiary/aromatic N) is 3. The summed E-state index contributed by atoms with van der Waals surface area (Å²) in [6.07, 6.45) is -2.04. The molecule has 3 aromatic heterocycles. The van der Waals surface area contributed by atoms with Crippen LogP contribution in [0.3, 0.4) is 0 Å². The van der Waals surface area contributed by atoms with Crippen molar-refractivity contribution in [2.75, 3.05) is 7.11 Å². The van der Waals surface area contributed by atoms with Gasteiger partial charge in [-0.1, -0.05) is 17.7 Å². The maximum Gasteiger partial charge on any atom is 0.433 e. The lowest BCUT2D eigenvalue weighted by Crippen LogP contribution is -2.08. The molecule has 0 unspecified atom stereocenters. The molecule has 0 aliphatic carbocycles. The maximum atomic E-state index is 13.1. The number of pyridine rings is 2. The maximum absolute atomic E-state index is 13.1. The number of hydrogen-bond acceptors (Lipinski definition) is 5. The summed E-state index contributed by atoms with van der Waals surface area (Å²) < 4.78 is 62.5. The van der Waals surface area contributed by atoms with Crippen LogP contribution in [0.4, 0.5) is 17.6 Å². The summed E-state index contributed by atoms with van der Waals surface area (Å²) in [6, 6.07) is 8.39. The van der Waals surface area contributed by atoms with E-state index in [4.69, 9.17) is 21.1 Å². The fourth-order valence-corrected chi connectivity index (χ4v) is 3.44. The average Bonchev–Trinajstić information content (AvgIpc) is 3.19. The molecule has 34 heavy (non-hydrogen) atoms. The normalized spacial score (nSPS) is 11.5. The van der Waals surface area contributed by atoms with Gasteiger partial charge in [-0.15, -0.1) is 0 Å². The number of halogens is 5. The molecule has 176 valence electrons. The van der Waals surface area contributed by atoms with Gasteiger partial charge in [0.15, 0.2) is 5.15 Å². The van der Waals surface area contributed by atoms with Gasteiger partial charge >= 0.3 is 6.18 Å². The molecule has 4 aromatic rings. The van der Waals surface area contributed by atoms with E-state index in [9.17, 15) is 17.6 Å². The molecule has 0 aliphatic rings. The Labute approximate surface area is 196 Å². The molecule has 0 spiro atoms. The number of benzene rings is 1. The molecule has 0 radical (unpaired) electrons. The highest BCUT2D eigenvalue weighted by atomic mass is 35.5. The van der Waals surface area contributed by atoms with Gasteiger partial charge in [-0.25, -0.2) is 9.97 Å². The molecule has 0 atom stereocenters. The molecule has 4 rings (SSSR count). The number of aromatic amines is 1. The van der Waals surface area contributed by atoms with E-state index in [2.05, 4.69) is 19.9 Å². The summed E-state index contributed by atoms with van der Waals surface area (Å²) >= 11 is 6.36. The lowest BCUT2D eigenvalue weighted by molar-refractivity contribution is -0.141. The van der Waals surface area contributed by atoms with Crippen molar-refractivity contribution in [2.45, 2.75) is 19.7 Å². The Morgan fingerprint density at radius 2 is 1.82 bits per heavy atom. The predicted octanol–water partition coefficient (Wildman–Crippen LogP) is 6.24. The lowest BCUT2D eigenvalue weighted by Gasteiger charge is -2.14. The molecule has 0 bridgehead atoms. The number of aromatic nitrogens is 4. The summed E-state index contributed by atoms with van der Waals surface area (Å²) in [5, 5.41) is 0.182. The smallest absolute Gasteiger partial charge is 0.433 e. The first-order valence-corrected chi connectivity index (χ1v) is 10.2. The van der Waals surface area contributed by atoms with Gasteiger partial charge in [-0.05, 0) is 36.8 Å². The third kappa shape index (κ3) is 4.96. The van der Waals surface area contributed by atoms with Crippen LogP contribution in [-0.4, -0.2) is 27.0 Å². The largest absolute Gasteiger partial charge is 0.496 e. The number of H-pyrrole nitrogens is 1. The number of methoxy groups -OCH3 is 1. The third-order valence-corrected chi connectivity index (χ3v) is 5.21. The molecule has 11 heteroatoms. The Kier molecular flexibility index (Phi) is 6.43. The van der Waals surface area contributed by atoms with Crippen LogP contribution in [0.1, 0.15) is 16.8 Å². The lowest BCUT2D eigenvalue weighted by atomic mass is 10.1. The SMILES string of the molecule is COc1cc(OCc2ccc(C(F)(F)F)nc2)c(C)cc1-c1[nH]c(-c2ccc(F)nc2)nc1Cl. The number of alkyl halides is 3. The third-order valence-electron chi connectivity index (χ3n) is 4.94. The molecule has 0 amide bonds. The first-order chi connectivity index (χ1) is 16.2. The number of aryl methyl sites for hydroxylation is 1. The van der Waals surface area contributed by atoms with Crippen molar-refractivity contribution in [1.82, 2.24) is 19.9 Å². The molecule has 0 saturated heterocycles. The predicted molar refractivity (Wildman–Crippen MR) is 117 cm³/mol. The number of ether oxygens (including phenoxy) is 2. The van der Waals surface area contributed by atoms with Crippen LogP contribution in [0.25, 0.3) is 22.6 Å². The first kappa shape index (κ1) is 23.5. The van der Waals surface area contributed by atoms with Crippen molar-refractivity contribution in [3.63, 3.8) is 0 Å². The van der Waals surface area contributed by atoms with Crippen molar-refractivity contribution >= 4 is 11.6 Å². The van der Waals surface area contributed by atoms with Crippen molar-refractivity contribution in [3.05, 3.63) is 76.7 Å². The van der Waals surface area contributed by atoms with Gasteiger partial charge in [0.1, 0.15) is 29.6 Å². The second-order valence-corrected chi connectivity index (χ2v) is 7.63. The van der Waals surface area contributed by atoms with E-state index in [0.717, 1.165) is 17.8 Å². The van der Waals surface area contributed by atoms with Crippen molar-refractivity contribution in [2.24, 2.45) is 0 Å². The van der Waals surface area contributed by atoms with Crippen LogP contribution >= 0.6 is 11.6 Å². The van der Waals surface area contributed by atoms with E-state index >= 15 is 0 Å². The minimum absolute atomic E-state index is 0.0149. The van der Waals surface area contributed by atoms with Gasteiger partial charge in [0.2, 0.25) is 5.95 Å². The van der Waals surface area contributed by atoms with Crippen LogP contribution in [0.5, 0.6) is 11.5 Å². The van der Waals surface area contributed by atoms with Gasteiger partial charge in [-0.3, -0.25) is 4.98 Å². The van der Waals surface area contributed by atoms with E-state index < -0.39 is 17.8 Å². The summed E-state index contributed by atoms with van der Waals surface area (Å²) in [5.74, 6) is 0.698. The van der Waals surface area contributed by atoms with E-state index in [1.165, 1.54) is 31.5 Å². The van der Waals surface area contributed by atoms with Crippen LogP contribution < -0.4 is 9.47 Å². The topological polar surface area (TPSA) is 72.9 Å². The molecule has 0 saturated carbocycles. The van der Waals surface area contributed by atoms with Gasteiger partial charge in [0, 0.05) is 35.2 Å². The molecular weight excluding hydrogens is 476 g/mol. The van der Waals surface area contributed by atoms with Gasteiger partial charge in [0.25, 0.3) is 0 Å². The molecule has 1 aromatic carbocycles. The average molecular weight is 493 g/mol. The fraction of sp³-hybridized carbons (Fsp3) is 0.174. The van der Waals surface area contributed by atoms with Gasteiger partial charge in [0.05, 0.1) is 12.8 Å². The Hall–Kier alpha value is -3.66. The Morgan fingerprint density at radius 1 is 1.03 bits per heavy atom. The zero-order valence-electron chi connectivity index (χ0n) is 17.9. The molecular formula is C23H17ClF4N4O2. The minimum atomic E-state index is -4.50. The highest BCUT2D eigenvalue weighted by molar-refractivity contribution is 6.32. The van der Waals surface area contributed by atoms with E-state index in [-0.39, 0.29) is 11.8 Å². The fourth-order valence-electron chi connectivity index (χ4n) is 3.21. The Bertz CT molecular complexity index is 1310. The molecule has 0 fully saturated rings. The van der Waals surface area contributed by atoms with Crippen molar-refractivity contribution < 1.29 is 27.0 Å². The highest BCUT2D eigenvalue weighted by Gasteiger charge is 2.32. The van der Waals surface area contributed by atoms with Gasteiger partial charge < -0.3 is 14.5 Å². The number of hydrogen-bond donors (Lipinski definition) is 1. The van der Waals surface area contributed by atoms with E-state index in [1.807, 2.05) is 0 Å². The number of rotatable bonds is 6. The summed E-state index contributed by atoms with van der Waals surface area (Å²) in [5.41, 5.74) is 1.89. The van der Waals surface area contributed by atoms with Crippen molar-refractivity contribution in [3.8, 4) is 34.1 Å². The zero-order chi connectivity index (χ0) is 24.5. The second-order valence-electron chi connectivity index (χ2n) is 7.28. The van der Waals surface area contributed by atoms with E-state index in [0.29, 0.717) is 39.7 Å². The number of nitrogens with one attached hydrogen (secondary N) is 1. The zero-order valence-corrected chi connectivity index (χ0v) is 18.6. The van der Waals surface area contributed by atoms with E-state index in [1.54, 1.807) is 19.1 Å². The van der Waals surface area contributed by atoms with Crippen LogP contribution in [0.15, 0.2) is 48.8 Å². The molecule has 3 heterocycles. The molecule has 0 aliphatic heterocycles. The monoisotopic (exact) mass is 492 g/mol. The summed E-state index contributed by atoms with van der Waals surface area (Å²) in [7, 11) is 1.48. The Morgan fingerprint density at radius 3 is 2.44 bits per heavy atom. The summed E-state index contributed by atoms with van der Waals surface area (Å²) in [4.78, 5) is 14.4. The van der Waals surface area contributed by atoms with Crippen LogP contribution in [0.2, 0.25) is 5.15 Å². The quantitative estimate of drug-likeness (QED) is 0.255.